The molecular weight excluding hydrogens is 418 g/mol. The molecule has 0 atom stereocenters. The van der Waals surface area contributed by atoms with Gasteiger partial charge in [-0.2, -0.15) is 0 Å². The van der Waals surface area contributed by atoms with Crippen molar-refractivity contribution >= 4 is 31.9 Å². The Bertz CT molecular complexity index is 867. The van der Waals surface area contributed by atoms with Gasteiger partial charge in [-0.15, -0.1) is 10.2 Å². The number of carbonyl (C=O) groups excluding carboxylic acids is 1. The number of hydroxylamine groups is 1. The summed E-state index contributed by atoms with van der Waals surface area (Å²) in [7, 11) is -1.42. The largest absolute Gasteiger partial charge is 0.452 e. The fraction of sp³-hybridized carbons (Fsp3) is 0.357. The van der Waals surface area contributed by atoms with Crippen molar-refractivity contribution in [2.75, 3.05) is 14.2 Å². The van der Waals surface area contributed by atoms with Crippen LogP contribution < -0.4 is 0 Å². The number of aromatic nitrogens is 2. The van der Waals surface area contributed by atoms with Crippen molar-refractivity contribution in [2.24, 2.45) is 0 Å². The van der Waals surface area contributed by atoms with Gasteiger partial charge < -0.3 is 9.15 Å². The fourth-order valence-electron chi connectivity index (χ4n) is 1.76. The van der Waals surface area contributed by atoms with Crippen LogP contribution in [0.3, 0.4) is 0 Å². The van der Waals surface area contributed by atoms with E-state index < -0.39 is 16.0 Å². The Labute approximate surface area is 153 Å². The van der Waals surface area contributed by atoms with E-state index in [-0.39, 0.29) is 23.0 Å². The van der Waals surface area contributed by atoms with Gasteiger partial charge in [0, 0.05) is 17.9 Å². The molecule has 0 aliphatic carbocycles. The molecule has 1 aromatic heterocycles. The Balaban J connectivity index is 2.20. The molecule has 0 unspecified atom stereocenters. The molecular formula is C14H16BrN3O6S. The number of esters is 1. The molecule has 2 rings (SSSR count). The van der Waals surface area contributed by atoms with Crippen LogP contribution in [0.4, 0.5) is 0 Å². The maximum atomic E-state index is 12.3. The topological polar surface area (TPSA) is 112 Å². The van der Waals surface area contributed by atoms with E-state index in [2.05, 4.69) is 26.1 Å². The zero-order valence-electron chi connectivity index (χ0n) is 13.7. The quantitative estimate of drug-likeness (QED) is 0.480. The average molecular weight is 434 g/mol. The molecule has 0 fully saturated rings. The van der Waals surface area contributed by atoms with E-state index in [0.717, 1.165) is 0 Å². The van der Waals surface area contributed by atoms with E-state index in [0.29, 0.717) is 21.3 Å². The predicted octanol–water partition coefficient (Wildman–Crippen LogP) is 1.93. The minimum Gasteiger partial charge on any atom is -0.452 e. The molecule has 1 aromatic carbocycles. The molecule has 1 heterocycles. The molecule has 0 saturated carbocycles. The third-order valence-corrected chi connectivity index (χ3v) is 5.56. The lowest BCUT2D eigenvalue weighted by Crippen LogP contribution is -2.26. The van der Waals surface area contributed by atoms with Gasteiger partial charge in [-0.25, -0.2) is 13.2 Å². The molecule has 25 heavy (non-hydrogen) atoms. The van der Waals surface area contributed by atoms with Gasteiger partial charge in [0.25, 0.3) is 15.9 Å². The highest BCUT2D eigenvalue weighted by Crippen LogP contribution is 2.24. The lowest BCUT2D eigenvalue weighted by atomic mass is 10.2. The number of ether oxygens (including phenoxy) is 1. The van der Waals surface area contributed by atoms with Crippen molar-refractivity contribution in [2.45, 2.75) is 24.8 Å². The van der Waals surface area contributed by atoms with Crippen molar-refractivity contribution in [1.82, 2.24) is 14.7 Å². The Kier molecular flexibility index (Phi) is 6.27. The molecule has 0 bridgehead atoms. The second-order valence-electron chi connectivity index (χ2n) is 4.76. The highest BCUT2D eigenvalue weighted by atomic mass is 79.9. The van der Waals surface area contributed by atoms with E-state index in [9.17, 15) is 13.2 Å². The average Bonchev–Trinajstić information content (AvgIpc) is 3.07. The van der Waals surface area contributed by atoms with Gasteiger partial charge in [-0.1, -0.05) is 11.4 Å². The van der Waals surface area contributed by atoms with Crippen LogP contribution in [-0.4, -0.2) is 43.2 Å². The van der Waals surface area contributed by atoms with E-state index in [1.54, 1.807) is 0 Å². The van der Waals surface area contributed by atoms with Crippen LogP contribution in [0.5, 0.6) is 0 Å². The number of benzene rings is 1. The second kappa shape index (κ2) is 8.04. The first-order valence-corrected chi connectivity index (χ1v) is 9.33. The number of halogens is 1. The molecule has 9 nitrogen and oxygen atoms in total. The first kappa shape index (κ1) is 19.5. The number of rotatable bonds is 7. The summed E-state index contributed by atoms with van der Waals surface area (Å²) in [5.74, 6) is -0.146. The van der Waals surface area contributed by atoms with Crippen LogP contribution in [0.15, 0.2) is 32.0 Å². The van der Waals surface area contributed by atoms with Crippen LogP contribution in [0.2, 0.25) is 0 Å². The van der Waals surface area contributed by atoms with Crippen molar-refractivity contribution in [3.05, 3.63) is 40.0 Å². The van der Waals surface area contributed by atoms with Gasteiger partial charge in [0.1, 0.15) is 0 Å². The lowest BCUT2D eigenvalue weighted by Gasteiger charge is -2.15. The smallest absolute Gasteiger partial charge is 0.339 e. The summed E-state index contributed by atoms with van der Waals surface area (Å²) >= 11 is 3.20. The summed E-state index contributed by atoms with van der Waals surface area (Å²) < 4.78 is 36.0. The molecule has 0 amide bonds. The maximum absolute atomic E-state index is 12.3. The Hall–Kier alpha value is -1.82. The Morgan fingerprint density at radius 1 is 1.32 bits per heavy atom. The van der Waals surface area contributed by atoms with E-state index in [4.69, 9.17) is 14.0 Å². The fourth-order valence-corrected chi connectivity index (χ4v) is 3.17. The first-order valence-electron chi connectivity index (χ1n) is 7.10. The van der Waals surface area contributed by atoms with E-state index >= 15 is 0 Å². The minimum atomic E-state index is -3.89. The normalized spacial score (nSPS) is 11.7. The van der Waals surface area contributed by atoms with Crippen molar-refractivity contribution in [1.29, 1.82) is 0 Å². The van der Waals surface area contributed by atoms with Gasteiger partial charge in [0.15, 0.2) is 6.61 Å². The molecule has 0 aliphatic heterocycles. The van der Waals surface area contributed by atoms with Crippen molar-refractivity contribution < 1.29 is 27.2 Å². The van der Waals surface area contributed by atoms with Crippen LogP contribution >= 0.6 is 15.9 Å². The van der Waals surface area contributed by atoms with Crippen LogP contribution in [0, 0.1) is 0 Å². The summed E-state index contributed by atoms with van der Waals surface area (Å²) in [6.07, 6.45) is 0.569. The van der Waals surface area contributed by atoms with Gasteiger partial charge in [0.05, 0.1) is 17.6 Å². The summed E-state index contributed by atoms with van der Waals surface area (Å²) in [5.41, 5.74) is 0.0424. The molecule has 11 heteroatoms. The maximum Gasteiger partial charge on any atom is 0.339 e. The summed E-state index contributed by atoms with van der Waals surface area (Å²) in [6.45, 7) is 1.64. The number of nitrogens with zero attached hydrogens (tertiary/aromatic N) is 3. The molecule has 0 N–H and O–H groups in total. The van der Waals surface area contributed by atoms with Crippen LogP contribution in [0.1, 0.15) is 29.1 Å². The van der Waals surface area contributed by atoms with Crippen molar-refractivity contribution in [3.63, 3.8) is 0 Å². The number of carbonyl (C=O) groups is 1. The molecule has 136 valence electrons. The monoisotopic (exact) mass is 433 g/mol. The van der Waals surface area contributed by atoms with E-state index in [1.165, 1.54) is 32.4 Å². The lowest BCUT2D eigenvalue weighted by molar-refractivity contribution is -0.0258. The molecule has 0 saturated heterocycles. The van der Waals surface area contributed by atoms with Gasteiger partial charge >= 0.3 is 5.97 Å². The molecule has 2 aromatic rings. The predicted molar refractivity (Wildman–Crippen MR) is 88.9 cm³/mol. The summed E-state index contributed by atoms with van der Waals surface area (Å²) in [4.78, 5) is 16.8. The number of hydrogen-bond acceptors (Lipinski definition) is 8. The van der Waals surface area contributed by atoms with Crippen molar-refractivity contribution in [3.8, 4) is 0 Å². The minimum absolute atomic E-state index is 0.0424. The third kappa shape index (κ3) is 4.42. The van der Waals surface area contributed by atoms with Gasteiger partial charge in [-0.05, 0) is 34.1 Å². The van der Waals surface area contributed by atoms with Gasteiger partial charge in [-0.3, -0.25) is 4.84 Å². The highest BCUT2D eigenvalue weighted by molar-refractivity contribution is 9.10. The Morgan fingerprint density at radius 2 is 2.00 bits per heavy atom. The number of aryl methyl sites for hydroxylation is 1. The standard InChI is InChI=1S/C14H16BrN3O6S/c1-4-12-16-17-13(24-12)8-23-14(19)10-7-9(5-6-11(10)15)25(20,21)18(2)22-3/h5-7H,4,8H2,1-3H3. The number of sulfonamides is 1. The zero-order valence-corrected chi connectivity index (χ0v) is 16.1. The third-order valence-electron chi connectivity index (χ3n) is 3.19. The van der Waals surface area contributed by atoms with Crippen LogP contribution in [-0.2, 0) is 32.6 Å². The first-order chi connectivity index (χ1) is 11.8. The summed E-state index contributed by atoms with van der Waals surface area (Å²) in [6, 6.07) is 3.98. The van der Waals surface area contributed by atoms with Crippen LogP contribution in [0.25, 0.3) is 0 Å². The Morgan fingerprint density at radius 3 is 2.60 bits per heavy atom. The molecule has 0 radical (unpaired) electrons. The highest BCUT2D eigenvalue weighted by Gasteiger charge is 2.24. The van der Waals surface area contributed by atoms with Gasteiger partial charge in [0.2, 0.25) is 5.89 Å². The second-order valence-corrected chi connectivity index (χ2v) is 7.55. The SMILES string of the molecule is CCc1nnc(COC(=O)c2cc(S(=O)(=O)N(C)OC)ccc2Br)o1. The number of hydrogen-bond donors (Lipinski definition) is 0. The molecule has 0 spiro atoms. The zero-order chi connectivity index (χ0) is 18.6. The summed E-state index contributed by atoms with van der Waals surface area (Å²) in [5, 5.41) is 7.50. The molecule has 0 aliphatic rings. The van der Waals surface area contributed by atoms with E-state index in [1.807, 2.05) is 6.92 Å².